The highest BCUT2D eigenvalue weighted by molar-refractivity contribution is 5.92. The molecule has 8 bridgehead atoms. The van der Waals surface area contributed by atoms with Gasteiger partial charge in [-0.15, -0.1) is 0 Å². The fourth-order valence-corrected chi connectivity index (χ4v) is 9.84. The summed E-state index contributed by atoms with van der Waals surface area (Å²) in [6.07, 6.45) is 15.5. The van der Waals surface area contributed by atoms with Gasteiger partial charge in [-0.2, -0.15) is 0 Å². The Morgan fingerprint density at radius 2 is 0.464 bits per heavy atom. The molecule has 84 heavy (non-hydrogen) atoms. The lowest BCUT2D eigenvalue weighted by Gasteiger charge is -2.22. The van der Waals surface area contributed by atoms with Crippen LogP contribution in [0, 0.1) is 0 Å². The molecule has 0 aromatic heterocycles. The first-order chi connectivity index (χ1) is 41.0. The Kier molecular flexibility index (Phi) is 32.2. The molecule has 4 aromatic carbocycles. The Hall–Kier alpha value is -6.20. The van der Waals surface area contributed by atoms with Crippen LogP contribution in [0.5, 0.6) is 23.0 Å². The van der Waals surface area contributed by atoms with Gasteiger partial charge in [0.15, 0.2) is 0 Å². The van der Waals surface area contributed by atoms with Crippen molar-refractivity contribution in [2.45, 2.75) is 211 Å². The molecule has 16 heteroatoms. The zero-order chi connectivity index (χ0) is 60.3. The van der Waals surface area contributed by atoms with Gasteiger partial charge in [0, 0.05) is 44.5 Å². The van der Waals surface area contributed by atoms with E-state index in [-0.39, 0.29) is 102 Å². The normalized spacial score (nSPS) is 13.0. The summed E-state index contributed by atoms with van der Waals surface area (Å²) in [6.45, 7) is 17.8. The van der Waals surface area contributed by atoms with E-state index in [1.165, 1.54) is 0 Å². The summed E-state index contributed by atoms with van der Waals surface area (Å²) in [5.74, 6) is -0.0414. The van der Waals surface area contributed by atoms with Crippen LogP contribution in [0.1, 0.15) is 244 Å². The average molecular weight is 1170 g/mol. The van der Waals surface area contributed by atoms with Crippen molar-refractivity contribution in [1.82, 2.24) is 0 Å². The first kappa shape index (κ1) is 68.6. The van der Waals surface area contributed by atoms with Gasteiger partial charge in [-0.25, -0.2) is 19.2 Å². The first-order valence-corrected chi connectivity index (χ1v) is 31.2. The van der Waals surface area contributed by atoms with Crippen molar-refractivity contribution in [2.24, 2.45) is 0 Å². The molecular formula is C68H96O16. The molecule has 0 fully saturated rings. The van der Waals surface area contributed by atoms with Crippen LogP contribution in [-0.4, -0.2) is 76.7 Å². The molecule has 1 aliphatic rings. The molecule has 464 valence electrons. The van der Waals surface area contributed by atoms with E-state index in [4.69, 9.17) is 56.8 Å². The van der Waals surface area contributed by atoms with E-state index < -0.39 is 23.9 Å². The van der Waals surface area contributed by atoms with Crippen LogP contribution >= 0.6 is 0 Å². The Labute approximate surface area is 500 Å². The minimum Gasteiger partial charge on any atom is -0.493 e. The molecule has 0 radical (unpaired) electrons. The van der Waals surface area contributed by atoms with E-state index in [1.54, 1.807) is 76.2 Å². The summed E-state index contributed by atoms with van der Waals surface area (Å²) < 4.78 is 75.6. The predicted molar refractivity (Wildman–Crippen MR) is 322 cm³/mol. The molecule has 1 aliphatic heterocycles. The molecule has 0 saturated heterocycles. The molecule has 0 atom stereocenters. The lowest BCUT2D eigenvalue weighted by atomic mass is 10.0. The molecule has 0 amide bonds. The van der Waals surface area contributed by atoms with Crippen LogP contribution in [-0.2, 0) is 90.7 Å². The molecule has 0 spiro atoms. The summed E-state index contributed by atoms with van der Waals surface area (Å²) >= 11 is 0. The number of carbonyl (C=O) groups is 4. The summed E-state index contributed by atoms with van der Waals surface area (Å²) in [4.78, 5) is 54.8. The van der Waals surface area contributed by atoms with Gasteiger partial charge in [-0.1, -0.05) is 105 Å². The van der Waals surface area contributed by atoms with Crippen molar-refractivity contribution in [2.75, 3.05) is 52.9 Å². The van der Waals surface area contributed by atoms with Crippen molar-refractivity contribution in [1.29, 1.82) is 0 Å². The Balaban J connectivity index is 1.75. The number of esters is 4. The second kappa shape index (κ2) is 39.4. The molecular weight excluding hydrogens is 1070 g/mol. The highest BCUT2D eigenvalue weighted by atomic mass is 16.6. The monoisotopic (exact) mass is 1170 g/mol. The number of hydrogen-bond donors (Lipinski definition) is 0. The maximum Gasteiger partial charge on any atom is 0.338 e. The lowest BCUT2D eigenvalue weighted by Crippen LogP contribution is -2.13. The first-order valence-electron chi connectivity index (χ1n) is 31.2. The van der Waals surface area contributed by atoms with E-state index in [0.717, 1.165) is 103 Å². The van der Waals surface area contributed by atoms with Crippen molar-refractivity contribution in [3.05, 3.63) is 115 Å². The van der Waals surface area contributed by atoms with Gasteiger partial charge in [-0.05, 0) is 102 Å². The number of benzene rings is 4. The minimum absolute atomic E-state index is 0.0166. The average Bonchev–Trinajstić information content (AvgIpc) is 3.69. The summed E-state index contributed by atoms with van der Waals surface area (Å²) in [5.41, 5.74) is 5.85. The van der Waals surface area contributed by atoms with Crippen LogP contribution in [0.15, 0.2) is 48.5 Å². The third-order valence-corrected chi connectivity index (χ3v) is 14.1. The number of rotatable bonds is 32. The third kappa shape index (κ3) is 22.3. The van der Waals surface area contributed by atoms with Crippen LogP contribution in [0.25, 0.3) is 0 Å². The second-order valence-electron chi connectivity index (χ2n) is 21.0. The minimum atomic E-state index is -0.521. The quantitative estimate of drug-likeness (QED) is 0.0256. The van der Waals surface area contributed by atoms with Crippen LogP contribution in [0.3, 0.4) is 0 Å². The van der Waals surface area contributed by atoms with Gasteiger partial charge < -0.3 is 56.8 Å². The van der Waals surface area contributed by atoms with Gasteiger partial charge >= 0.3 is 23.9 Å². The topological polar surface area (TPSA) is 179 Å². The largest absolute Gasteiger partial charge is 0.493 e. The van der Waals surface area contributed by atoms with Gasteiger partial charge in [0.2, 0.25) is 0 Å². The number of carbonyl (C=O) groups excluding carboxylic acids is 4. The van der Waals surface area contributed by atoms with E-state index >= 15 is 0 Å². The summed E-state index contributed by atoms with van der Waals surface area (Å²) in [5, 5.41) is 0. The van der Waals surface area contributed by atoms with Crippen molar-refractivity contribution in [3.8, 4) is 23.0 Å². The van der Waals surface area contributed by atoms with Gasteiger partial charge in [0.1, 0.15) is 23.0 Å². The smallest absolute Gasteiger partial charge is 0.338 e. The van der Waals surface area contributed by atoms with E-state index in [2.05, 4.69) is 27.7 Å². The van der Waals surface area contributed by atoms with Crippen LogP contribution < -0.4 is 18.9 Å². The standard InChI is InChI=1S/C68H96O16/c1-9-17-21-25-29-81-61-53-33-49(65(69)77-13-5)34-54(61)42-74-44-56-36-51(67(71)79-15-7)38-58(63(56)83-31-27-23-19-11-3)46-76-48-60-40-52(68(72)80-16-8)39-59(64(60)84-32-28-24-20-12-4)47-75-45-57-37-50(66(70)78-14-6)35-55(43-73-41-53)62(57)82-30-26-22-18-10-2/h33-40H,9-32,41-48H2,1-8H3. The van der Waals surface area contributed by atoms with Crippen molar-refractivity contribution in [3.63, 3.8) is 0 Å². The van der Waals surface area contributed by atoms with Crippen molar-refractivity contribution >= 4 is 23.9 Å². The Bertz CT molecular complexity index is 2180. The van der Waals surface area contributed by atoms with Gasteiger partial charge in [0.25, 0.3) is 0 Å². The lowest BCUT2D eigenvalue weighted by molar-refractivity contribution is 0.0515. The predicted octanol–water partition coefficient (Wildman–Crippen LogP) is 15.4. The number of unbranched alkanes of at least 4 members (excludes halogenated alkanes) is 12. The van der Waals surface area contributed by atoms with Crippen LogP contribution in [0.2, 0.25) is 0 Å². The maximum atomic E-state index is 13.7. The second-order valence-corrected chi connectivity index (χ2v) is 21.0. The molecule has 1 heterocycles. The molecule has 0 N–H and O–H groups in total. The van der Waals surface area contributed by atoms with E-state index in [0.29, 0.717) is 93.9 Å². The zero-order valence-electron chi connectivity index (χ0n) is 51.8. The van der Waals surface area contributed by atoms with E-state index in [9.17, 15) is 19.2 Å². The fourth-order valence-electron chi connectivity index (χ4n) is 9.84. The Morgan fingerprint density at radius 1 is 0.286 bits per heavy atom. The summed E-state index contributed by atoms with van der Waals surface area (Å²) in [7, 11) is 0. The molecule has 0 aliphatic carbocycles. The van der Waals surface area contributed by atoms with Crippen molar-refractivity contribution < 1.29 is 76.0 Å². The van der Waals surface area contributed by atoms with E-state index in [1.807, 2.05) is 0 Å². The number of fused-ring (bicyclic) bond motifs is 8. The molecule has 4 aromatic rings. The number of ether oxygens (including phenoxy) is 12. The molecule has 0 saturated carbocycles. The highest BCUT2D eigenvalue weighted by Crippen LogP contribution is 2.36. The molecule has 16 nitrogen and oxygen atoms in total. The maximum absolute atomic E-state index is 13.7. The third-order valence-electron chi connectivity index (χ3n) is 14.1. The summed E-state index contributed by atoms with van der Waals surface area (Å²) in [6, 6.07) is 13.9. The highest BCUT2D eigenvalue weighted by Gasteiger charge is 2.25. The van der Waals surface area contributed by atoms with Gasteiger partial charge in [-0.3, -0.25) is 0 Å². The fraction of sp³-hybridized carbons (Fsp3) is 0.588. The van der Waals surface area contributed by atoms with Crippen LogP contribution in [0.4, 0.5) is 0 Å². The SMILES string of the molecule is CCCCCCOc1c2cc(C(=O)OCC)cc1COCc1cc(C(=O)OCC)cc(c1OCCCCCC)COCc1cc(C(=O)OCC)cc(c1OCCCCCC)COCc1cc(C(=O)OCC)cc(c1OCCCCCC)COC2. The number of hydrogen-bond acceptors (Lipinski definition) is 16. The molecule has 0 unspecified atom stereocenters. The Morgan fingerprint density at radius 3 is 0.619 bits per heavy atom. The van der Waals surface area contributed by atoms with Gasteiger partial charge in [0.05, 0.1) is 128 Å². The zero-order valence-corrected chi connectivity index (χ0v) is 51.8. The molecule has 5 rings (SSSR count).